The van der Waals surface area contributed by atoms with E-state index < -0.39 is 0 Å². The van der Waals surface area contributed by atoms with Gasteiger partial charge in [-0.25, -0.2) is 0 Å². The van der Waals surface area contributed by atoms with Crippen LogP contribution in [0.15, 0.2) is 39.6 Å². The van der Waals surface area contributed by atoms with Gasteiger partial charge >= 0.3 is 0 Å². The zero-order valence-electron chi connectivity index (χ0n) is 7.90. The van der Waals surface area contributed by atoms with Crippen molar-refractivity contribution in [2.45, 2.75) is 13.0 Å². The highest BCUT2D eigenvalue weighted by Gasteiger charge is 1.95. The van der Waals surface area contributed by atoms with Gasteiger partial charge in [-0.15, -0.1) is 0 Å². The second-order valence-electron chi connectivity index (χ2n) is 3.14. The van der Waals surface area contributed by atoms with Gasteiger partial charge in [0.25, 0.3) is 0 Å². The molecule has 0 aliphatic rings. The Kier molecular flexibility index (Phi) is 3.38. The van der Waals surface area contributed by atoms with Crippen molar-refractivity contribution in [2.75, 3.05) is 6.54 Å². The van der Waals surface area contributed by atoms with E-state index in [-0.39, 0.29) is 0 Å². The highest BCUT2D eigenvalue weighted by molar-refractivity contribution is 7.07. The van der Waals surface area contributed by atoms with Gasteiger partial charge in [-0.3, -0.25) is 0 Å². The molecule has 0 radical (unpaired) electrons. The van der Waals surface area contributed by atoms with Crippen LogP contribution in [0.25, 0.3) is 0 Å². The molecule has 2 heterocycles. The normalized spacial score (nSPS) is 10.6. The van der Waals surface area contributed by atoms with Crippen LogP contribution in [-0.2, 0) is 13.0 Å². The lowest BCUT2D eigenvalue weighted by Crippen LogP contribution is -2.15. The first-order chi connectivity index (χ1) is 6.95. The molecule has 0 saturated carbocycles. The average molecular weight is 207 g/mol. The van der Waals surface area contributed by atoms with Gasteiger partial charge < -0.3 is 9.73 Å². The molecule has 1 N–H and O–H groups in total. The second kappa shape index (κ2) is 4.98. The summed E-state index contributed by atoms with van der Waals surface area (Å²) in [6.45, 7) is 1.81. The van der Waals surface area contributed by atoms with Crippen molar-refractivity contribution in [3.63, 3.8) is 0 Å². The Morgan fingerprint density at radius 3 is 3.07 bits per heavy atom. The molecule has 74 valence electrons. The predicted molar refractivity (Wildman–Crippen MR) is 58.4 cm³/mol. The number of hydrogen-bond acceptors (Lipinski definition) is 3. The van der Waals surface area contributed by atoms with Gasteiger partial charge in [0.05, 0.1) is 12.8 Å². The third-order valence-electron chi connectivity index (χ3n) is 2.05. The van der Waals surface area contributed by atoms with Crippen LogP contribution < -0.4 is 5.32 Å². The van der Waals surface area contributed by atoms with Crippen molar-refractivity contribution >= 4 is 11.3 Å². The maximum atomic E-state index is 5.21. The summed E-state index contributed by atoms with van der Waals surface area (Å²) in [5.41, 5.74) is 1.40. The lowest BCUT2D eigenvalue weighted by molar-refractivity contribution is 0.484. The fourth-order valence-corrected chi connectivity index (χ4v) is 2.00. The Balaban J connectivity index is 1.65. The van der Waals surface area contributed by atoms with Crippen molar-refractivity contribution in [2.24, 2.45) is 0 Å². The molecule has 0 fully saturated rings. The van der Waals surface area contributed by atoms with Gasteiger partial charge in [0, 0.05) is 0 Å². The minimum Gasteiger partial charge on any atom is -0.468 e. The van der Waals surface area contributed by atoms with Gasteiger partial charge in [0.2, 0.25) is 0 Å². The number of thiophene rings is 1. The first-order valence-corrected chi connectivity index (χ1v) is 5.63. The van der Waals surface area contributed by atoms with E-state index >= 15 is 0 Å². The first-order valence-electron chi connectivity index (χ1n) is 4.69. The molecular formula is C11H13NOS. The van der Waals surface area contributed by atoms with Gasteiger partial charge in [0.1, 0.15) is 5.76 Å². The fraction of sp³-hybridized carbons (Fsp3) is 0.273. The van der Waals surface area contributed by atoms with Gasteiger partial charge in [-0.1, -0.05) is 0 Å². The van der Waals surface area contributed by atoms with E-state index in [0.29, 0.717) is 0 Å². The Labute approximate surface area is 87.6 Å². The Bertz CT molecular complexity index is 303. The van der Waals surface area contributed by atoms with Gasteiger partial charge in [-0.2, -0.15) is 11.3 Å². The van der Waals surface area contributed by atoms with E-state index in [1.165, 1.54) is 5.56 Å². The van der Waals surface area contributed by atoms with Crippen LogP contribution >= 0.6 is 11.3 Å². The molecule has 0 atom stereocenters. The smallest absolute Gasteiger partial charge is 0.117 e. The summed E-state index contributed by atoms with van der Waals surface area (Å²) in [5.74, 6) is 0.996. The standard InChI is InChI=1S/C11H13NOS/c1-2-11(13-6-1)8-12-5-3-10-4-7-14-9-10/h1-2,4,6-7,9,12H,3,5,8H2. The third-order valence-corrected chi connectivity index (χ3v) is 2.78. The molecule has 0 aliphatic carbocycles. The lowest BCUT2D eigenvalue weighted by atomic mass is 10.2. The van der Waals surface area contributed by atoms with Gasteiger partial charge in [0.15, 0.2) is 0 Å². The van der Waals surface area contributed by atoms with Crippen molar-refractivity contribution in [1.29, 1.82) is 0 Å². The van der Waals surface area contributed by atoms with E-state index in [0.717, 1.165) is 25.3 Å². The predicted octanol–water partition coefficient (Wildman–Crippen LogP) is 2.67. The Morgan fingerprint density at radius 2 is 2.36 bits per heavy atom. The zero-order chi connectivity index (χ0) is 9.64. The fourth-order valence-electron chi connectivity index (χ4n) is 1.29. The largest absolute Gasteiger partial charge is 0.468 e. The quantitative estimate of drug-likeness (QED) is 0.762. The van der Waals surface area contributed by atoms with Gasteiger partial charge in [-0.05, 0) is 47.5 Å². The zero-order valence-corrected chi connectivity index (χ0v) is 8.72. The van der Waals surface area contributed by atoms with Crippen LogP contribution in [0.4, 0.5) is 0 Å². The summed E-state index contributed by atoms with van der Waals surface area (Å²) in [5, 5.41) is 7.64. The third kappa shape index (κ3) is 2.72. The number of furan rings is 1. The molecule has 0 aliphatic heterocycles. The van der Waals surface area contributed by atoms with Crippen LogP contribution in [0, 0.1) is 0 Å². The molecule has 0 spiro atoms. The highest BCUT2D eigenvalue weighted by atomic mass is 32.1. The average Bonchev–Trinajstić information content (AvgIpc) is 2.86. The van der Waals surface area contributed by atoms with Crippen molar-refractivity contribution < 1.29 is 4.42 Å². The molecule has 3 heteroatoms. The molecule has 0 aromatic carbocycles. The molecular weight excluding hydrogens is 194 g/mol. The topological polar surface area (TPSA) is 25.2 Å². The maximum absolute atomic E-state index is 5.21. The van der Waals surface area contributed by atoms with E-state index in [1.54, 1.807) is 17.6 Å². The SMILES string of the molecule is c1coc(CNCCc2ccsc2)c1. The summed E-state index contributed by atoms with van der Waals surface area (Å²) in [4.78, 5) is 0. The van der Waals surface area contributed by atoms with Crippen LogP contribution in [0.5, 0.6) is 0 Å². The van der Waals surface area contributed by atoms with E-state index in [2.05, 4.69) is 22.1 Å². The number of nitrogens with one attached hydrogen (secondary N) is 1. The summed E-state index contributed by atoms with van der Waals surface area (Å²) >= 11 is 1.75. The number of rotatable bonds is 5. The minimum atomic E-state index is 0.817. The van der Waals surface area contributed by atoms with Crippen molar-refractivity contribution in [3.8, 4) is 0 Å². The minimum absolute atomic E-state index is 0.817. The molecule has 0 unspecified atom stereocenters. The summed E-state index contributed by atoms with van der Waals surface area (Å²) in [6, 6.07) is 6.06. The lowest BCUT2D eigenvalue weighted by Gasteiger charge is -2.00. The summed E-state index contributed by atoms with van der Waals surface area (Å²) in [6.07, 6.45) is 2.79. The van der Waals surface area contributed by atoms with Crippen LogP contribution in [0.3, 0.4) is 0 Å². The Hall–Kier alpha value is -1.06. The molecule has 2 nitrogen and oxygen atoms in total. The molecule has 0 saturated heterocycles. The molecule has 14 heavy (non-hydrogen) atoms. The maximum Gasteiger partial charge on any atom is 0.117 e. The molecule has 0 bridgehead atoms. The van der Waals surface area contributed by atoms with E-state index in [9.17, 15) is 0 Å². The van der Waals surface area contributed by atoms with Crippen LogP contribution in [-0.4, -0.2) is 6.54 Å². The molecule has 2 aromatic heterocycles. The molecule has 2 aromatic rings. The summed E-state index contributed by atoms with van der Waals surface area (Å²) in [7, 11) is 0. The number of hydrogen-bond donors (Lipinski definition) is 1. The monoisotopic (exact) mass is 207 g/mol. The van der Waals surface area contributed by atoms with Crippen LogP contribution in [0.2, 0.25) is 0 Å². The van der Waals surface area contributed by atoms with Crippen molar-refractivity contribution in [3.05, 3.63) is 46.5 Å². The summed E-state index contributed by atoms with van der Waals surface area (Å²) < 4.78 is 5.21. The Morgan fingerprint density at radius 1 is 1.36 bits per heavy atom. The van der Waals surface area contributed by atoms with E-state index in [1.807, 2.05) is 12.1 Å². The van der Waals surface area contributed by atoms with E-state index in [4.69, 9.17) is 4.42 Å². The molecule has 0 amide bonds. The second-order valence-corrected chi connectivity index (χ2v) is 3.92. The van der Waals surface area contributed by atoms with Crippen molar-refractivity contribution in [1.82, 2.24) is 5.32 Å². The van der Waals surface area contributed by atoms with Crippen LogP contribution in [0.1, 0.15) is 11.3 Å². The first kappa shape index (κ1) is 9.49. The molecule has 2 rings (SSSR count). The highest BCUT2D eigenvalue weighted by Crippen LogP contribution is 2.06.